The molecule has 1 aliphatic carbocycles. The first kappa shape index (κ1) is 18.3. The van der Waals surface area contributed by atoms with E-state index in [1.54, 1.807) is 0 Å². The fourth-order valence-electron chi connectivity index (χ4n) is 3.34. The summed E-state index contributed by atoms with van der Waals surface area (Å²) in [6, 6.07) is 2.99. The van der Waals surface area contributed by atoms with E-state index in [2.05, 4.69) is 10.6 Å². The van der Waals surface area contributed by atoms with Crippen molar-refractivity contribution in [2.24, 2.45) is 17.5 Å². The van der Waals surface area contributed by atoms with Gasteiger partial charge in [-0.3, -0.25) is 14.6 Å². The second kappa shape index (κ2) is 7.79. The zero-order chi connectivity index (χ0) is 18.7. The number of amides is 2. The minimum Gasteiger partial charge on any atom is -0.504 e. The van der Waals surface area contributed by atoms with Gasteiger partial charge in [-0.2, -0.15) is 0 Å². The highest BCUT2D eigenvalue weighted by atomic mass is 16.5. The van der Waals surface area contributed by atoms with E-state index in [-0.39, 0.29) is 42.0 Å². The summed E-state index contributed by atoms with van der Waals surface area (Å²) in [6.07, 6.45) is 2.71. The summed E-state index contributed by atoms with van der Waals surface area (Å²) in [5.41, 5.74) is 6.29. The molecule has 2 amide bonds. The van der Waals surface area contributed by atoms with Crippen LogP contribution in [0.15, 0.2) is 12.1 Å². The molecule has 2 aliphatic rings. The van der Waals surface area contributed by atoms with E-state index in [9.17, 15) is 14.7 Å². The van der Waals surface area contributed by atoms with Crippen molar-refractivity contribution in [3.05, 3.63) is 17.7 Å². The normalized spacial score (nSPS) is 22.4. The Morgan fingerprint density at radius 2 is 2.08 bits per heavy atom. The van der Waals surface area contributed by atoms with E-state index < -0.39 is 0 Å². The molecule has 1 saturated carbocycles. The first-order valence-electron chi connectivity index (χ1n) is 8.81. The zero-order valence-electron chi connectivity index (χ0n) is 14.5. The summed E-state index contributed by atoms with van der Waals surface area (Å²) in [6.45, 7) is 1.09. The minimum absolute atomic E-state index is 0.0302. The smallest absolute Gasteiger partial charge is 0.271 e. The van der Waals surface area contributed by atoms with E-state index in [0.717, 1.165) is 5.01 Å². The standard InChI is InChI=1S/C17H25N5O4/c18-5-6-20-16(24)10-1-3-11(4-2-10)26-15-7-12-13(8-14(15)23)21-9-22(19)17(12)25/h7-8,10-11,21,23H,1-6,9,18-19H2,(H,20,24). The summed E-state index contributed by atoms with van der Waals surface area (Å²) >= 11 is 0. The monoisotopic (exact) mass is 363 g/mol. The number of phenolic OH excluding ortho intramolecular Hbond substituents is 1. The predicted octanol–water partition coefficient (Wildman–Crippen LogP) is 0.104. The lowest BCUT2D eigenvalue weighted by atomic mass is 9.86. The molecule has 1 heterocycles. The van der Waals surface area contributed by atoms with Crippen molar-refractivity contribution < 1.29 is 19.4 Å². The first-order valence-corrected chi connectivity index (χ1v) is 8.81. The van der Waals surface area contributed by atoms with Crippen LogP contribution in [0.3, 0.4) is 0 Å². The predicted molar refractivity (Wildman–Crippen MR) is 95.4 cm³/mol. The Labute approximate surface area is 151 Å². The Bertz CT molecular complexity index is 688. The van der Waals surface area contributed by atoms with Crippen molar-refractivity contribution in [2.45, 2.75) is 31.8 Å². The number of anilines is 1. The number of nitrogens with two attached hydrogens (primary N) is 2. The molecule has 0 atom stereocenters. The van der Waals surface area contributed by atoms with Crippen LogP contribution in [0.4, 0.5) is 5.69 Å². The van der Waals surface area contributed by atoms with Gasteiger partial charge in [0, 0.05) is 25.1 Å². The average Bonchev–Trinajstić information content (AvgIpc) is 2.64. The van der Waals surface area contributed by atoms with E-state index in [1.165, 1.54) is 12.1 Å². The Kier molecular flexibility index (Phi) is 5.48. The first-order chi connectivity index (χ1) is 12.5. The van der Waals surface area contributed by atoms with Gasteiger partial charge in [0.25, 0.3) is 5.91 Å². The van der Waals surface area contributed by atoms with Crippen molar-refractivity contribution in [2.75, 3.05) is 25.1 Å². The second-order valence-electron chi connectivity index (χ2n) is 6.65. The third-order valence-corrected chi connectivity index (χ3v) is 4.81. The van der Waals surface area contributed by atoms with Gasteiger partial charge in [0.05, 0.1) is 17.4 Å². The minimum atomic E-state index is -0.330. The lowest BCUT2D eigenvalue weighted by molar-refractivity contribution is -0.126. The van der Waals surface area contributed by atoms with Gasteiger partial charge in [-0.1, -0.05) is 0 Å². The van der Waals surface area contributed by atoms with Gasteiger partial charge in [-0.05, 0) is 31.7 Å². The number of hydrogen-bond acceptors (Lipinski definition) is 7. The number of phenols is 1. The molecule has 7 N–H and O–H groups in total. The molecule has 1 aliphatic heterocycles. The molecule has 0 radical (unpaired) electrons. The number of hydrazine groups is 1. The average molecular weight is 363 g/mol. The maximum atomic E-state index is 12.1. The third kappa shape index (κ3) is 3.83. The third-order valence-electron chi connectivity index (χ3n) is 4.81. The molecule has 1 aromatic carbocycles. The molecule has 3 rings (SSSR count). The Hall–Kier alpha value is -2.52. The second-order valence-corrected chi connectivity index (χ2v) is 6.65. The summed E-state index contributed by atoms with van der Waals surface area (Å²) in [5.74, 6) is 5.51. The van der Waals surface area contributed by atoms with Gasteiger partial charge in [-0.25, -0.2) is 5.84 Å². The summed E-state index contributed by atoms with van der Waals surface area (Å²) in [7, 11) is 0. The highest BCUT2D eigenvalue weighted by Gasteiger charge is 2.29. The number of aromatic hydroxyl groups is 1. The number of rotatable bonds is 5. The van der Waals surface area contributed by atoms with Crippen LogP contribution < -0.4 is 26.9 Å². The van der Waals surface area contributed by atoms with Crippen LogP contribution in [0.25, 0.3) is 0 Å². The number of nitrogens with one attached hydrogen (secondary N) is 2. The Morgan fingerprint density at radius 3 is 2.77 bits per heavy atom. The molecule has 26 heavy (non-hydrogen) atoms. The van der Waals surface area contributed by atoms with E-state index in [4.69, 9.17) is 16.3 Å². The van der Waals surface area contributed by atoms with Gasteiger partial charge < -0.3 is 26.2 Å². The molecule has 0 saturated heterocycles. The number of fused-ring (bicyclic) bond motifs is 1. The number of ether oxygens (including phenoxy) is 1. The number of benzene rings is 1. The van der Waals surface area contributed by atoms with Gasteiger partial charge in [-0.15, -0.1) is 0 Å². The lowest BCUT2D eigenvalue weighted by Gasteiger charge is -2.30. The number of nitrogens with zero attached hydrogens (tertiary/aromatic N) is 1. The van der Waals surface area contributed by atoms with Crippen LogP contribution in [0.5, 0.6) is 11.5 Å². The molecule has 0 spiro atoms. The van der Waals surface area contributed by atoms with Crippen LogP contribution in [0.2, 0.25) is 0 Å². The number of carbonyl (C=O) groups is 2. The SMILES string of the molecule is NCCNC(=O)C1CCC(Oc2cc3c(cc2O)NCN(N)C3=O)CC1. The van der Waals surface area contributed by atoms with E-state index in [0.29, 0.717) is 50.0 Å². The Morgan fingerprint density at radius 1 is 1.35 bits per heavy atom. The van der Waals surface area contributed by atoms with Gasteiger partial charge in [0.2, 0.25) is 5.91 Å². The molecule has 142 valence electrons. The van der Waals surface area contributed by atoms with Gasteiger partial charge in [0.1, 0.15) is 6.67 Å². The molecule has 9 heteroatoms. The summed E-state index contributed by atoms with van der Waals surface area (Å²) < 4.78 is 5.90. The van der Waals surface area contributed by atoms with Crippen LogP contribution in [0.1, 0.15) is 36.0 Å². The molecule has 1 aromatic rings. The molecule has 9 nitrogen and oxygen atoms in total. The Balaban J connectivity index is 1.62. The quantitative estimate of drug-likeness (QED) is 0.369. The fraction of sp³-hybridized carbons (Fsp3) is 0.529. The maximum Gasteiger partial charge on any atom is 0.271 e. The summed E-state index contributed by atoms with van der Waals surface area (Å²) in [4.78, 5) is 24.1. The van der Waals surface area contributed by atoms with Crippen LogP contribution in [-0.2, 0) is 4.79 Å². The molecular weight excluding hydrogens is 338 g/mol. The van der Waals surface area contributed by atoms with Crippen molar-refractivity contribution in [3.63, 3.8) is 0 Å². The van der Waals surface area contributed by atoms with Crippen molar-refractivity contribution in [3.8, 4) is 11.5 Å². The zero-order valence-corrected chi connectivity index (χ0v) is 14.5. The van der Waals surface area contributed by atoms with Gasteiger partial charge >= 0.3 is 0 Å². The molecule has 1 fully saturated rings. The van der Waals surface area contributed by atoms with Gasteiger partial charge in [0.15, 0.2) is 11.5 Å². The molecular formula is C17H25N5O4. The topological polar surface area (TPSA) is 143 Å². The fourth-order valence-corrected chi connectivity index (χ4v) is 3.34. The van der Waals surface area contributed by atoms with Crippen molar-refractivity contribution in [1.82, 2.24) is 10.3 Å². The van der Waals surface area contributed by atoms with E-state index in [1.807, 2.05) is 0 Å². The lowest BCUT2D eigenvalue weighted by Crippen LogP contribution is -2.44. The van der Waals surface area contributed by atoms with Crippen molar-refractivity contribution >= 4 is 17.5 Å². The highest BCUT2D eigenvalue weighted by molar-refractivity contribution is 6.01. The number of hydrogen-bond donors (Lipinski definition) is 5. The van der Waals surface area contributed by atoms with Crippen LogP contribution in [0, 0.1) is 5.92 Å². The van der Waals surface area contributed by atoms with E-state index >= 15 is 0 Å². The van der Waals surface area contributed by atoms with Crippen LogP contribution in [-0.4, -0.2) is 47.8 Å². The molecule has 0 unspecified atom stereocenters. The maximum absolute atomic E-state index is 12.1. The molecule has 0 aromatic heterocycles. The number of carbonyl (C=O) groups excluding carboxylic acids is 2. The van der Waals surface area contributed by atoms with Crippen LogP contribution >= 0.6 is 0 Å². The largest absolute Gasteiger partial charge is 0.504 e. The highest BCUT2D eigenvalue weighted by Crippen LogP contribution is 2.37. The van der Waals surface area contributed by atoms with Crippen molar-refractivity contribution in [1.29, 1.82) is 0 Å². The summed E-state index contributed by atoms with van der Waals surface area (Å²) in [5, 5.41) is 17.0. The molecule has 0 bridgehead atoms.